The summed E-state index contributed by atoms with van der Waals surface area (Å²) in [5.41, 5.74) is 0. The predicted octanol–water partition coefficient (Wildman–Crippen LogP) is 12.3. The van der Waals surface area contributed by atoms with Gasteiger partial charge in [0.05, 0.1) is 23.3 Å². The van der Waals surface area contributed by atoms with Crippen LogP contribution in [0.15, 0.2) is 91.8 Å². The van der Waals surface area contributed by atoms with E-state index in [1.54, 1.807) is 12.4 Å². The van der Waals surface area contributed by atoms with E-state index in [0.717, 1.165) is 13.2 Å². The van der Waals surface area contributed by atoms with E-state index in [2.05, 4.69) is 28.0 Å². The van der Waals surface area contributed by atoms with E-state index in [4.69, 9.17) is 31.2 Å². The number of hydrogen-bond acceptors (Lipinski definition) is 8. The van der Waals surface area contributed by atoms with Crippen molar-refractivity contribution in [3.8, 4) is 0 Å². The number of ether oxygens (including phenoxy) is 2. The molecule has 3 rings (SSSR count). The molecule has 350 valence electrons. The highest BCUT2D eigenvalue weighted by Gasteiger charge is 2.00. The SMILES string of the molecule is CCCCCCCCCCCCCCCCOC[n+]1ccccc1.CCCCCCCCCCCCCCCCOC[n+]1ccccc1.O=S([O-])S(=O)(=O)[O-].c1ccncc1. The van der Waals surface area contributed by atoms with Crippen LogP contribution in [0.25, 0.3) is 0 Å². The quantitative estimate of drug-likeness (QED) is 0.0187. The lowest BCUT2D eigenvalue weighted by Gasteiger charge is -2.06. The molecule has 1 unspecified atom stereocenters. The van der Waals surface area contributed by atoms with Crippen LogP contribution in [0.3, 0.4) is 0 Å². The van der Waals surface area contributed by atoms with Crippen LogP contribution in [0.5, 0.6) is 0 Å². The Bertz CT molecular complexity index is 1310. The summed E-state index contributed by atoms with van der Waals surface area (Å²) in [4.78, 5) is 3.78. The molecule has 10 nitrogen and oxygen atoms in total. The average molecular weight is 892 g/mol. The van der Waals surface area contributed by atoms with Crippen molar-refractivity contribution in [2.24, 2.45) is 0 Å². The number of aromatic nitrogens is 3. The molecular weight excluding hydrogens is 807 g/mol. The first-order valence-electron chi connectivity index (χ1n) is 23.8. The maximum atomic E-state index is 9.16. The Hall–Kier alpha value is -2.61. The number of pyridine rings is 3. The van der Waals surface area contributed by atoms with Crippen molar-refractivity contribution in [3.63, 3.8) is 0 Å². The fraction of sp³-hybridized carbons (Fsp3) is 0.694. The fourth-order valence-corrected chi connectivity index (χ4v) is 6.49. The van der Waals surface area contributed by atoms with E-state index in [1.165, 1.54) is 180 Å². The molecule has 0 aliphatic carbocycles. The Morgan fingerprint density at radius 3 is 0.902 bits per heavy atom. The first kappa shape index (κ1) is 58.4. The van der Waals surface area contributed by atoms with Crippen molar-refractivity contribution < 1.29 is 40.3 Å². The van der Waals surface area contributed by atoms with Crippen molar-refractivity contribution in [2.75, 3.05) is 13.2 Å². The summed E-state index contributed by atoms with van der Waals surface area (Å²) in [6.45, 7) is 7.71. The number of hydrogen-bond donors (Lipinski definition) is 0. The van der Waals surface area contributed by atoms with Gasteiger partial charge < -0.3 is 18.6 Å². The zero-order chi connectivity index (χ0) is 44.6. The number of rotatable bonds is 35. The molecule has 3 aromatic rings. The van der Waals surface area contributed by atoms with E-state index in [-0.39, 0.29) is 0 Å². The number of unbranched alkanes of at least 4 members (excludes halogenated alkanes) is 26. The third kappa shape index (κ3) is 46.7. The lowest BCUT2D eigenvalue weighted by Crippen LogP contribution is -2.33. The standard InChI is InChI=1S/2C22H40NO.C5H5N.H2O5S2/c2*1-2-3-4-5-6-7-8-9-10-11-12-13-14-18-21-24-22-23-19-16-15-17-20-23;1-2-4-6-5-3-1;1-6(2)7(3,4)5/h2*15-17,19-20H,2-14,18,21-22H2,1H3;1-5H;(H,1,2)(H,3,4,5)/q2*+1;;/p-2. The smallest absolute Gasteiger partial charge is 0.252 e. The zero-order valence-corrected chi connectivity index (χ0v) is 39.9. The van der Waals surface area contributed by atoms with Crippen molar-refractivity contribution >= 4 is 19.3 Å². The molecule has 1 atom stereocenters. The van der Waals surface area contributed by atoms with Gasteiger partial charge in [-0.3, -0.25) is 9.19 Å². The molecule has 0 N–H and O–H groups in total. The number of nitrogens with zero attached hydrogens (tertiary/aromatic N) is 3. The summed E-state index contributed by atoms with van der Waals surface area (Å²) in [7, 11) is -8.59. The first-order valence-corrected chi connectivity index (χ1v) is 26.8. The summed E-state index contributed by atoms with van der Waals surface area (Å²) < 4.78 is 61.3. The van der Waals surface area contributed by atoms with Gasteiger partial charge >= 0.3 is 0 Å². The highest BCUT2D eigenvalue weighted by molar-refractivity contribution is 8.59. The van der Waals surface area contributed by atoms with E-state index < -0.39 is 19.3 Å². The van der Waals surface area contributed by atoms with Gasteiger partial charge in [0.1, 0.15) is 0 Å². The van der Waals surface area contributed by atoms with Crippen LogP contribution in [-0.2, 0) is 42.2 Å². The van der Waals surface area contributed by atoms with E-state index >= 15 is 0 Å². The molecule has 12 heteroatoms. The summed E-state index contributed by atoms with van der Waals surface area (Å²) in [6.07, 6.45) is 51.0. The Morgan fingerprint density at radius 1 is 0.443 bits per heavy atom. The Labute approximate surface area is 375 Å². The van der Waals surface area contributed by atoms with Gasteiger partial charge in [0, 0.05) is 36.7 Å². The predicted molar refractivity (Wildman–Crippen MR) is 249 cm³/mol. The summed E-state index contributed by atoms with van der Waals surface area (Å²) >= 11 is 0. The molecule has 3 aromatic heterocycles. The van der Waals surface area contributed by atoms with Gasteiger partial charge in [-0.05, 0) is 25.0 Å². The summed E-state index contributed by atoms with van der Waals surface area (Å²) in [5, 5.41) is 0. The Balaban J connectivity index is 0.000000910. The van der Waals surface area contributed by atoms with Crippen molar-refractivity contribution in [2.45, 2.75) is 207 Å². The molecule has 0 aliphatic rings. The van der Waals surface area contributed by atoms with Gasteiger partial charge in [0.2, 0.25) is 0 Å². The second-order valence-corrected chi connectivity index (χ2v) is 18.9. The molecule has 0 amide bonds. The normalized spacial score (nSPS) is 11.3. The monoisotopic (exact) mass is 892 g/mol. The Morgan fingerprint density at radius 2 is 0.689 bits per heavy atom. The maximum absolute atomic E-state index is 9.16. The van der Waals surface area contributed by atoms with E-state index in [1.807, 2.05) is 79.4 Å². The molecule has 3 heterocycles. The van der Waals surface area contributed by atoms with Crippen LogP contribution in [0, 0.1) is 0 Å². The van der Waals surface area contributed by atoms with Crippen LogP contribution in [0.2, 0.25) is 0 Å². The molecule has 61 heavy (non-hydrogen) atoms. The van der Waals surface area contributed by atoms with Gasteiger partial charge in [-0.1, -0.05) is 199 Å². The van der Waals surface area contributed by atoms with Crippen LogP contribution in [0.1, 0.15) is 194 Å². The van der Waals surface area contributed by atoms with E-state index in [9.17, 15) is 0 Å². The van der Waals surface area contributed by atoms with Crippen LogP contribution < -0.4 is 9.13 Å². The van der Waals surface area contributed by atoms with E-state index in [0.29, 0.717) is 13.5 Å². The third-order valence-corrected chi connectivity index (χ3v) is 11.4. The van der Waals surface area contributed by atoms with Gasteiger partial charge in [-0.2, -0.15) is 9.13 Å². The molecule has 0 saturated heterocycles. The fourth-order valence-electron chi connectivity index (χ4n) is 6.49. The molecule has 0 bridgehead atoms. The minimum absolute atomic E-state index is 0.680. The van der Waals surface area contributed by atoms with Crippen LogP contribution >= 0.6 is 0 Å². The third-order valence-electron chi connectivity index (χ3n) is 10.1. The molecule has 0 aromatic carbocycles. The summed E-state index contributed by atoms with van der Waals surface area (Å²) in [5.74, 6) is 0. The van der Waals surface area contributed by atoms with Gasteiger partial charge in [-0.25, -0.2) is 8.42 Å². The average Bonchev–Trinajstić information content (AvgIpc) is 3.28. The van der Waals surface area contributed by atoms with Gasteiger partial charge in [0.25, 0.3) is 13.5 Å². The first-order chi connectivity index (χ1) is 29.8. The minimum atomic E-state index is -5.07. The molecule has 0 aliphatic heterocycles. The van der Waals surface area contributed by atoms with Crippen LogP contribution in [0.4, 0.5) is 0 Å². The zero-order valence-electron chi connectivity index (χ0n) is 38.3. The lowest BCUT2D eigenvalue weighted by molar-refractivity contribution is -0.732. The maximum Gasteiger partial charge on any atom is 0.252 e. The summed E-state index contributed by atoms with van der Waals surface area (Å²) in [6, 6.07) is 17.9. The molecule has 0 saturated carbocycles. The second kappa shape index (κ2) is 46.9. The topological polar surface area (TPSA) is 136 Å². The molecule has 0 radical (unpaired) electrons. The van der Waals surface area contributed by atoms with Crippen molar-refractivity contribution in [1.29, 1.82) is 0 Å². The largest absolute Gasteiger partial charge is 0.761 e. The Kier molecular flexibility index (Phi) is 44.9. The van der Waals surface area contributed by atoms with Gasteiger partial charge in [0.15, 0.2) is 33.9 Å². The lowest BCUT2D eigenvalue weighted by atomic mass is 10.0. The second-order valence-electron chi connectivity index (χ2n) is 15.7. The van der Waals surface area contributed by atoms with Crippen molar-refractivity contribution in [3.05, 3.63) is 91.8 Å². The minimum Gasteiger partial charge on any atom is -0.761 e. The van der Waals surface area contributed by atoms with Crippen LogP contribution in [-0.4, -0.2) is 39.9 Å². The molecular formula is C49H85N3O7S2. The molecule has 0 spiro atoms. The molecule has 0 fully saturated rings. The highest BCUT2D eigenvalue weighted by Crippen LogP contribution is 2.14. The highest BCUT2D eigenvalue weighted by atomic mass is 33.2. The van der Waals surface area contributed by atoms with Crippen molar-refractivity contribution in [1.82, 2.24) is 4.98 Å². The van der Waals surface area contributed by atoms with Gasteiger partial charge in [-0.15, -0.1) is 0 Å².